The summed E-state index contributed by atoms with van der Waals surface area (Å²) in [5, 5.41) is 10.6. The standard InChI is InChI=1S/C12H14N2O5S/c1-13(10-2-4-11(5-3-10)14(16)17)12(15)9-6-7-20(18,19)8-9/h2-5,9H,6-8H2,1H3/t9-/m1/s1. The highest BCUT2D eigenvalue weighted by Gasteiger charge is 2.34. The van der Waals surface area contributed by atoms with Gasteiger partial charge in [0.2, 0.25) is 5.91 Å². The normalized spacial score (nSPS) is 20.6. The largest absolute Gasteiger partial charge is 0.315 e. The van der Waals surface area contributed by atoms with Gasteiger partial charge in [0.1, 0.15) is 0 Å². The maximum Gasteiger partial charge on any atom is 0.269 e. The van der Waals surface area contributed by atoms with Gasteiger partial charge < -0.3 is 4.90 Å². The maximum absolute atomic E-state index is 12.2. The zero-order valence-corrected chi connectivity index (χ0v) is 11.7. The van der Waals surface area contributed by atoms with Gasteiger partial charge in [0.15, 0.2) is 9.84 Å². The maximum atomic E-state index is 12.2. The number of rotatable bonds is 3. The van der Waals surface area contributed by atoms with E-state index in [0.717, 1.165) is 0 Å². The first-order valence-corrected chi connectivity index (χ1v) is 7.85. The Morgan fingerprint density at radius 2 is 1.95 bits per heavy atom. The summed E-state index contributed by atoms with van der Waals surface area (Å²) >= 11 is 0. The Hall–Kier alpha value is -1.96. The Morgan fingerprint density at radius 1 is 1.35 bits per heavy atom. The van der Waals surface area contributed by atoms with Crippen LogP contribution in [0.1, 0.15) is 6.42 Å². The molecule has 7 nitrogen and oxygen atoms in total. The molecule has 1 aliphatic rings. The fourth-order valence-electron chi connectivity index (χ4n) is 2.19. The molecule has 1 amide bonds. The molecule has 0 unspecified atom stereocenters. The van der Waals surface area contributed by atoms with Gasteiger partial charge in [-0.05, 0) is 18.6 Å². The number of amides is 1. The van der Waals surface area contributed by atoms with Crippen molar-refractivity contribution in [2.45, 2.75) is 6.42 Å². The molecule has 1 heterocycles. The zero-order valence-electron chi connectivity index (χ0n) is 10.9. The lowest BCUT2D eigenvalue weighted by atomic mass is 10.1. The number of sulfone groups is 1. The van der Waals surface area contributed by atoms with E-state index in [1.54, 1.807) is 0 Å². The number of carbonyl (C=O) groups is 1. The van der Waals surface area contributed by atoms with Gasteiger partial charge in [0.05, 0.1) is 22.3 Å². The molecule has 0 spiro atoms. The number of hydrogen-bond donors (Lipinski definition) is 0. The zero-order chi connectivity index (χ0) is 14.9. The van der Waals surface area contributed by atoms with E-state index < -0.39 is 20.7 Å². The fraction of sp³-hybridized carbons (Fsp3) is 0.417. The summed E-state index contributed by atoms with van der Waals surface area (Å²) in [6, 6.07) is 5.56. The van der Waals surface area contributed by atoms with Crippen molar-refractivity contribution in [2.75, 3.05) is 23.5 Å². The number of anilines is 1. The van der Waals surface area contributed by atoms with Crippen molar-refractivity contribution >= 4 is 27.1 Å². The van der Waals surface area contributed by atoms with Crippen molar-refractivity contribution < 1.29 is 18.1 Å². The quantitative estimate of drug-likeness (QED) is 0.612. The highest BCUT2D eigenvalue weighted by molar-refractivity contribution is 7.91. The molecule has 0 N–H and O–H groups in total. The van der Waals surface area contributed by atoms with E-state index in [0.29, 0.717) is 12.1 Å². The van der Waals surface area contributed by atoms with Gasteiger partial charge in [-0.15, -0.1) is 0 Å². The highest BCUT2D eigenvalue weighted by Crippen LogP contribution is 2.24. The van der Waals surface area contributed by atoms with E-state index in [1.807, 2.05) is 0 Å². The SMILES string of the molecule is CN(C(=O)[C@@H]1CCS(=O)(=O)C1)c1ccc([N+](=O)[O-])cc1. The Morgan fingerprint density at radius 3 is 2.40 bits per heavy atom. The van der Waals surface area contributed by atoms with Crippen LogP contribution < -0.4 is 4.90 Å². The molecule has 1 aromatic carbocycles. The molecular formula is C12H14N2O5S. The van der Waals surface area contributed by atoms with E-state index in [2.05, 4.69) is 0 Å². The summed E-state index contributed by atoms with van der Waals surface area (Å²) in [4.78, 5) is 23.6. The average Bonchev–Trinajstić information content (AvgIpc) is 2.77. The smallest absolute Gasteiger partial charge is 0.269 e. The third-order valence-electron chi connectivity index (χ3n) is 3.36. The Kier molecular flexibility index (Phi) is 3.76. The lowest BCUT2D eigenvalue weighted by Crippen LogP contribution is -2.33. The molecule has 0 bridgehead atoms. The molecular weight excluding hydrogens is 284 g/mol. The number of carbonyl (C=O) groups excluding carboxylic acids is 1. The summed E-state index contributed by atoms with van der Waals surface area (Å²) in [5.41, 5.74) is 0.447. The van der Waals surface area contributed by atoms with Crippen molar-refractivity contribution in [2.24, 2.45) is 5.92 Å². The van der Waals surface area contributed by atoms with Gasteiger partial charge in [0, 0.05) is 24.9 Å². The molecule has 1 atom stereocenters. The molecule has 108 valence electrons. The number of nitro benzene ring substituents is 1. The van der Waals surface area contributed by atoms with Gasteiger partial charge >= 0.3 is 0 Å². The Labute approximate surface area is 116 Å². The van der Waals surface area contributed by atoms with E-state index in [9.17, 15) is 23.3 Å². The molecule has 0 aromatic heterocycles. The summed E-state index contributed by atoms with van der Waals surface area (Å²) in [6.07, 6.45) is 0.332. The molecule has 1 aromatic rings. The predicted molar refractivity (Wildman–Crippen MR) is 73.3 cm³/mol. The minimum Gasteiger partial charge on any atom is -0.315 e. The van der Waals surface area contributed by atoms with Crippen LogP contribution in [0.3, 0.4) is 0 Å². The van der Waals surface area contributed by atoms with Crippen molar-refractivity contribution in [3.8, 4) is 0 Å². The third kappa shape index (κ3) is 2.96. The molecule has 1 saturated heterocycles. The van der Waals surface area contributed by atoms with Gasteiger partial charge in [-0.1, -0.05) is 0 Å². The number of hydrogen-bond acceptors (Lipinski definition) is 5. The van der Waals surface area contributed by atoms with Gasteiger partial charge in [0.25, 0.3) is 5.69 Å². The van der Waals surface area contributed by atoms with Crippen molar-refractivity contribution in [1.29, 1.82) is 0 Å². The van der Waals surface area contributed by atoms with Gasteiger partial charge in [-0.3, -0.25) is 14.9 Å². The molecule has 0 radical (unpaired) electrons. The average molecular weight is 298 g/mol. The van der Waals surface area contributed by atoms with Gasteiger partial charge in [-0.2, -0.15) is 0 Å². The lowest BCUT2D eigenvalue weighted by Gasteiger charge is -2.20. The molecule has 1 fully saturated rings. The Balaban J connectivity index is 2.13. The van der Waals surface area contributed by atoms with Crippen LogP contribution in [0.15, 0.2) is 24.3 Å². The number of nitro groups is 1. The topological polar surface area (TPSA) is 97.6 Å². The molecule has 0 saturated carbocycles. The Bertz CT molecular complexity index is 638. The first kappa shape index (κ1) is 14.4. The first-order chi connectivity index (χ1) is 9.30. The van der Waals surface area contributed by atoms with Crippen LogP contribution in [0.4, 0.5) is 11.4 Å². The van der Waals surface area contributed by atoms with Crippen LogP contribution >= 0.6 is 0 Å². The fourth-order valence-corrected chi connectivity index (χ4v) is 3.92. The highest BCUT2D eigenvalue weighted by atomic mass is 32.2. The summed E-state index contributed by atoms with van der Waals surface area (Å²) in [5.74, 6) is -0.888. The monoisotopic (exact) mass is 298 g/mol. The minimum atomic E-state index is -3.11. The van der Waals surface area contributed by atoms with Crippen LogP contribution in [-0.2, 0) is 14.6 Å². The summed E-state index contributed by atoms with van der Waals surface area (Å²) in [6.45, 7) is 0. The van der Waals surface area contributed by atoms with Crippen molar-refractivity contribution in [3.05, 3.63) is 34.4 Å². The van der Waals surface area contributed by atoms with E-state index >= 15 is 0 Å². The predicted octanol–water partition coefficient (Wildman–Crippen LogP) is 0.992. The number of benzene rings is 1. The van der Waals surface area contributed by atoms with E-state index in [1.165, 1.54) is 36.2 Å². The van der Waals surface area contributed by atoms with Gasteiger partial charge in [-0.25, -0.2) is 8.42 Å². The van der Waals surface area contributed by atoms with Crippen LogP contribution in [-0.4, -0.2) is 37.8 Å². The second kappa shape index (κ2) is 5.20. The number of nitrogens with zero attached hydrogens (tertiary/aromatic N) is 2. The molecule has 0 aliphatic carbocycles. The molecule has 8 heteroatoms. The van der Waals surface area contributed by atoms with Crippen LogP contribution in [0, 0.1) is 16.0 Å². The number of non-ortho nitro benzene ring substituents is 1. The van der Waals surface area contributed by atoms with E-state index in [-0.39, 0.29) is 23.1 Å². The minimum absolute atomic E-state index is 0.0392. The lowest BCUT2D eigenvalue weighted by molar-refractivity contribution is -0.384. The van der Waals surface area contributed by atoms with Crippen LogP contribution in [0.25, 0.3) is 0 Å². The molecule has 20 heavy (non-hydrogen) atoms. The third-order valence-corrected chi connectivity index (χ3v) is 5.13. The van der Waals surface area contributed by atoms with Crippen molar-refractivity contribution in [3.63, 3.8) is 0 Å². The molecule has 2 rings (SSSR count). The molecule has 1 aliphatic heterocycles. The van der Waals surface area contributed by atoms with Crippen molar-refractivity contribution in [1.82, 2.24) is 0 Å². The second-order valence-corrected chi connectivity index (χ2v) is 7.00. The first-order valence-electron chi connectivity index (χ1n) is 6.02. The second-order valence-electron chi connectivity index (χ2n) is 4.77. The summed E-state index contributed by atoms with van der Waals surface area (Å²) in [7, 11) is -1.57. The summed E-state index contributed by atoms with van der Waals surface area (Å²) < 4.78 is 22.8. The van der Waals surface area contributed by atoms with Crippen LogP contribution in [0.2, 0.25) is 0 Å². The van der Waals surface area contributed by atoms with Crippen LogP contribution in [0.5, 0.6) is 0 Å². The van der Waals surface area contributed by atoms with E-state index in [4.69, 9.17) is 0 Å².